The Morgan fingerprint density at radius 3 is 2.38 bits per heavy atom. The molecule has 1 rings (SSSR count). The van der Waals surface area contributed by atoms with Crippen molar-refractivity contribution in [2.24, 2.45) is 5.92 Å². The Kier molecular flexibility index (Phi) is 5.87. The lowest BCUT2D eigenvalue weighted by Crippen LogP contribution is -2.22. The molecular weight excluding hydrogens is 196 g/mol. The van der Waals surface area contributed by atoms with Gasteiger partial charge < -0.3 is 5.11 Å². The summed E-state index contributed by atoms with van der Waals surface area (Å²) in [5.74, 6) is 0.535. The van der Waals surface area contributed by atoms with Crippen LogP contribution in [0.3, 0.4) is 0 Å². The molecule has 1 aliphatic rings. The molecule has 0 radical (unpaired) electrons. The number of aliphatic hydroxyl groups excluding tert-OH is 1. The van der Waals surface area contributed by atoms with Crippen LogP contribution in [0.15, 0.2) is 16.9 Å². The molecule has 0 aromatic rings. The first-order valence-electron chi connectivity index (χ1n) is 6.73. The largest absolute Gasteiger partial charge is 0.392 e. The molecule has 92 valence electrons. The Balaban J connectivity index is 2.49. The normalized spacial score (nSPS) is 19.0. The van der Waals surface area contributed by atoms with E-state index >= 15 is 0 Å². The second kappa shape index (κ2) is 6.93. The van der Waals surface area contributed by atoms with Gasteiger partial charge in [0.15, 0.2) is 0 Å². The molecule has 0 heterocycles. The maximum atomic E-state index is 10.2. The highest BCUT2D eigenvalue weighted by atomic mass is 16.3. The van der Waals surface area contributed by atoms with Crippen LogP contribution in [0.2, 0.25) is 0 Å². The Morgan fingerprint density at radius 2 is 1.81 bits per heavy atom. The maximum absolute atomic E-state index is 10.2. The van der Waals surface area contributed by atoms with E-state index in [9.17, 15) is 5.11 Å². The predicted molar refractivity (Wildman–Crippen MR) is 69.4 cm³/mol. The molecule has 0 aromatic carbocycles. The molecular formula is C15H26O. The SMILES string of the molecule is CCC(C)=C=C(C)CC(O)C1CCCCC1. The van der Waals surface area contributed by atoms with Crippen LogP contribution in [-0.4, -0.2) is 11.2 Å². The smallest absolute Gasteiger partial charge is 0.0611 e. The van der Waals surface area contributed by atoms with Gasteiger partial charge in [0.25, 0.3) is 0 Å². The monoisotopic (exact) mass is 222 g/mol. The molecule has 1 nitrogen and oxygen atoms in total. The molecule has 0 aliphatic heterocycles. The van der Waals surface area contributed by atoms with Crippen LogP contribution in [0.1, 0.15) is 65.7 Å². The number of hydrogen-bond donors (Lipinski definition) is 1. The third-order valence-corrected chi connectivity index (χ3v) is 3.67. The highest BCUT2D eigenvalue weighted by Gasteiger charge is 2.21. The van der Waals surface area contributed by atoms with Crippen molar-refractivity contribution in [2.75, 3.05) is 0 Å². The second-order valence-corrected chi connectivity index (χ2v) is 5.21. The van der Waals surface area contributed by atoms with Crippen molar-refractivity contribution in [2.45, 2.75) is 71.8 Å². The minimum absolute atomic E-state index is 0.141. The zero-order chi connectivity index (χ0) is 12.0. The van der Waals surface area contributed by atoms with Gasteiger partial charge in [-0.15, -0.1) is 5.73 Å². The van der Waals surface area contributed by atoms with Gasteiger partial charge in [-0.3, -0.25) is 0 Å². The Labute approximate surface area is 100 Å². The van der Waals surface area contributed by atoms with Crippen LogP contribution in [0.5, 0.6) is 0 Å². The lowest BCUT2D eigenvalue weighted by molar-refractivity contribution is 0.0851. The Morgan fingerprint density at radius 1 is 1.19 bits per heavy atom. The Bertz CT molecular complexity index is 265. The average Bonchev–Trinajstić information content (AvgIpc) is 2.29. The first kappa shape index (κ1) is 13.5. The average molecular weight is 222 g/mol. The minimum Gasteiger partial charge on any atom is -0.392 e. The summed E-state index contributed by atoms with van der Waals surface area (Å²) in [4.78, 5) is 0. The first-order valence-corrected chi connectivity index (χ1v) is 6.73. The van der Waals surface area contributed by atoms with E-state index in [-0.39, 0.29) is 6.10 Å². The van der Waals surface area contributed by atoms with Crippen molar-refractivity contribution in [1.82, 2.24) is 0 Å². The van der Waals surface area contributed by atoms with Crippen molar-refractivity contribution in [3.63, 3.8) is 0 Å². The molecule has 1 aliphatic carbocycles. The molecule has 1 atom stereocenters. The number of aliphatic hydroxyl groups is 1. The predicted octanol–water partition coefficient (Wildman–Crippen LogP) is 4.22. The van der Waals surface area contributed by atoms with Crippen LogP contribution in [0.4, 0.5) is 0 Å². The van der Waals surface area contributed by atoms with E-state index in [2.05, 4.69) is 26.5 Å². The zero-order valence-corrected chi connectivity index (χ0v) is 11.1. The number of hydrogen-bond acceptors (Lipinski definition) is 1. The quantitative estimate of drug-likeness (QED) is 0.706. The molecule has 0 saturated heterocycles. The van der Waals surface area contributed by atoms with Crippen LogP contribution in [0.25, 0.3) is 0 Å². The van der Waals surface area contributed by atoms with Gasteiger partial charge in [-0.05, 0) is 50.2 Å². The van der Waals surface area contributed by atoms with Gasteiger partial charge in [-0.2, -0.15) is 0 Å². The summed E-state index contributed by atoms with van der Waals surface area (Å²) in [6.45, 7) is 6.34. The van der Waals surface area contributed by atoms with Crippen LogP contribution >= 0.6 is 0 Å². The van der Waals surface area contributed by atoms with Crippen LogP contribution < -0.4 is 0 Å². The van der Waals surface area contributed by atoms with E-state index in [0.29, 0.717) is 5.92 Å². The lowest BCUT2D eigenvalue weighted by atomic mass is 9.83. The van der Waals surface area contributed by atoms with Gasteiger partial charge >= 0.3 is 0 Å². The summed E-state index contributed by atoms with van der Waals surface area (Å²) in [6, 6.07) is 0. The van der Waals surface area contributed by atoms with E-state index in [1.165, 1.54) is 43.3 Å². The zero-order valence-electron chi connectivity index (χ0n) is 11.1. The highest BCUT2D eigenvalue weighted by molar-refractivity contribution is 5.06. The van der Waals surface area contributed by atoms with Gasteiger partial charge in [0.05, 0.1) is 6.10 Å². The van der Waals surface area contributed by atoms with Crippen molar-refractivity contribution in [3.05, 3.63) is 16.9 Å². The van der Waals surface area contributed by atoms with Gasteiger partial charge in [0.1, 0.15) is 0 Å². The molecule has 0 aromatic heterocycles. The summed E-state index contributed by atoms with van der Waals surface area (Å²) in [7, 11) is 0. The standard InChI is InChI=1S/C15H26O/c1-4-12(2)10-13(3)11-15(16)14-8-6-5-7-9-14/h14-16H,4-9,11H2,1-3H3. The first-order chi connectivity index (χ1) is 7.63. The fourth-order valence-electron chi connectivity index (χ4n) is 2.50. The van der Waals surface area contributed by atoms with Gasteiger partial charge in [-0.1, -0.05) is 26.2 Å². The van der Waals surface area contributed by atoms with E-state index in [1.54, 1.807) is 0 Å². The fraction of sp³-hybridized carbons (Fsp3) is 0.800. The highest BCUT2D eigenvalue weighted by Crippen LogP contribution is 2.28. The molecule has 0 amide bonds. The summed E-state index contributed by atoms with van der Waals surface area (Å²) in [5, 5.41) is 10.2. The third kappa shape index (κ3) is 4.55. The lowest BCUT2D eigenvalue weighted by Gasteiger charge is -2.26. The fourth-order valence-corrected chi connectivity index (χ4v) is 2.50. The van der Waals surface area contributed by atoms with Crippen molar-refractivity contribution in [3.8, 4) is 0 Å². The molecule has 1 saturated carbocycles. The van der Waals surface area contributed by atoms with Crippen molar-refractivity contribution in [1.29, 1.82) is 0 Å². The van der Waals surface area contributed by atoms with Crippen LogP contribution in [0, 0.1) is 5.92 Å². The summed E-state index contributed by atoms with van der Waals surface area (Å²) in [5.41, 5.74) is 5.86. The maximum Gasteiger partial charge on any atom is 0.0611 e. The van der Waals surface area contributed by atoms with Crippen molar-refractivity contribution >= 4 is 0 Å². The van der Waals surface area contributed by atoms with Gasteiger partial charge in [0, 0.05) is 6.42 Å². The van der Waals surface area contributed by atoms with E-state index in [0.717, 1.165) is 12.8 Å². The third-order valence-electron chi connectivity index (χ3n) is 3.67. The molecule has 1 fully saturated rings. The molecule has 1 unspecified atom stereocenters. The van der Waals surface area contributed by atoms with Crippen LogP contribution in [-0.2, 0) is 0 Å². The molecule has 16 heavy (non-hydrogen) atoms. The molecule has 0 bridgehead atoms. The van der Waals surface area contributed by atoms with E-state index in [4.69, 9.17) is 0 Å². The minimum atomic E-state index is -0.141. The van der Waals surface area contributed by atoms with E-state index in [1.807, 2.05) is 0 Å². The van der Waals surface area contributed by atoms with Gasteiger partial charge in [-0.25, -0.2) is 0 Å². The topological polar surface area (TPSA) is 20.2 Å². The molecule has 1 N–H and O–H groups in total. The molecule has 0 spiro atoms. The molecule has 1 heteroatoms. The number of rotatable bonds is 4. The second-order valence-electron chi connectivity index (χ2n) is 5.21. The summed E-state index contributed by atoms with van der Waals surface area (Å²) >= 11 is 0. The Hall–Kier alpha value is -0.520. The van der Waals surface area contributed by atoms with Crippen molar-refractivity contribution < 1.29 is 5.11 Å². The summed E-state index contributed by atoms with van der Waals surface area (Å²) in [6.07, 6.45) is 8.10. The van der Waals surface area contributed by atoms with Gasteiger partial charge in [0.2, 0.25) is 0 Å². The van der Waals surface area contributed by atoms with E-state index < -0.39 is 0 Å². The summed E-state index contributed by atoms with van der Waals surface area (Å²) < 4.78 is 0.